The van der Waals surface area contributed by atoms with Gasteiger partial charge in [0.2, 0.25) is 0 Å². The fraction of sp³-hybridized carbons (Fsp3) is 0.923. The molecule has 0 atom stereocenters. The Morgan fingerprint density at radius 1 is 0.800 bits per heavy atom. The minimum atomic E-state index is 0.792. The molecule has 0 aliphatic rings. The van der Waals surface area contributed by atoms with Gasteiger partial charge < -0.3 is 0 Å². The molecule has 2 nitrogen and oxygen atoms in total. The summed E-state index contributed by atoms with van der Waals surface area (Å²) < 4.78 is 0. The minimum absolute atomic E-state index is 0.792. The molecule has 0 spiro atoms. The van der Waals surface area contributed by atoms with Crippen LogP contribution in [-0.2, 0) is 0 Å². The van der Waals surface area contributed by atoms with Gasteiger partial charge >= 0.3 is 0 Å². The molecule has 1 N–H and O–H groups in total. The standard InChI is InChI=1S/C13H26N2/c1-2-3-4-5-6-7-8-9-10-11-12-15-13-14/h14H,2-12H2,1H3. The molecule has 0 heterocycles. The average Bonchev–Trinajstić information content (AvgIpc) is 2.26. The molecule has 0 aromatic carbocycles. The van der Waals surface area contributed by atoms with E-state index in [4.69, 9.17) is 5.41 Å². The summed E-state index contributed by atoms with van der Waals surface area (Å²) in [6.07, 6.45) is 13.5. The molecule has 0 aliphatic heterocycles. The molecule has 2 heteroatoms. The van der Waals surface area contributed by atoms with Crippen molar-refractivity contribution in [2.24, 2.45) is 4.99 Å². The predicted octanol–water partition coefficient (Wildman–Crippen LogP) is 4.66. The summed E-state index contributed by atoms with van der Waals surface area (Å²) >= 11 is 0. The molecule has 0 fully saturated rings. The van der Waals surface area contributed by atoms with Crippen molar-refractivity contribution >= 4 is 6.01 Å². The maximum atomic E-state index is 6.61. The molecule has 0 amide bonds. The van der Waals surface area contributed by atoms with Crippen molar-refractivity contribution in [1.29, 1.82) is 5.41 Å². The zero-order chi connectivity index (χ0) is 11.2. The monoisotopic (exact) mass is 210 g/mol. The van der Waals surface area contributed by atoms with Gasteiger partial charge in [0.25, 0.3) is 0 Å². The molecular formula is C13H26N2. The molecule has 88 valence electrons. The van der Waals surface area contributed by atoms with Crippen LogP contribution in [0.25, 0.3) is 0 Å². The normalized spacial score (nSPS) is 9.93. The first kappa shape index (κ1) is 14.4. The van der Waals surface area contributed by atoms with E-state index in [-0.39, 0.29) is 0 Å². The van der Waals surface area contributed by atoms with Gasteiger partial charge in [-0.15, -0.1) is 0 Å². The second-order valence-corrected chi connectivity index (χ2v) is 4.18. The lowest BCUT2D eigenvalue weighted by atomic mass is 10.1. The van der Waals surface area contributed by atoms with Gasteiger partial charge in [-0.05, 0) is 6.42 Å². The molecule has 0 rings (SSSR count). The van der Waals surface area contributed by atoms with Crippen LogP contribution >= 0.6 is 0 Å². The lowest BCUT2D eigenvalue weighted by Gasteiger charge is -2.00. The first-order valence-electron chi connectivity index (χ1n) is 6.50. The SMILES string of the molecule is CCCCCCCCCCCCN=C=N. The summed E-state index contributed by atoms with van der Waals surface area (Å²) in [6.45, 7) is 3.05. The van der Waals surface area contributed by atoms with E-state index >= 15 is 0 Å². The van der Waals surface area contributed by atoms with Gasteiger partial charge in [-0.2, -0.15) is 0 Å². The van der Waals surface area contributed by atoms with Crippen LogP contribution in [0.1, 0.15) is 71.1 Å². The zero-order valence-corrected chi connectivity index (χ0v) is 10.2. The molecule has 0 saturated carbocycles. The number of hydrogen-bond acceptors (Lipinski definition) is 2. The van der Waals surface area contributed by atoms with Crippen LogP contribution in [0.15, 0.2) is 4.99 Å². The Labute approximate surface area is 94.7 Å². The summed E-state index contributed by atoms with van der Waals surface area (Å²) in [6, 6.07) is 2.07. The fourth-order valence-corrected chi connectivity index (χ4v) is 1.73. The van der Waals surface area contributed by atoms with Gasteiger partial charge in [0.15, 0.2) is 0 Å². The van der Waals surface area contributed by atoms with Crippen molar-refractivity contribution in [1.82, 2.24) is 0 Å². The van der Waals surface area contributed by atoms with E-state index < -0.39 is 0 Å². The zero-order valence-electron chi connectivity index (χ0n) is 10.2. The van der Waals surface area contributed by atoms with E-state index in [0.29, 0.717) is 0 Å². The molecule has 0 aromatic heterocycles. The molecule has 0 unspecified atom stereocenters. The quantitative estimate of drug-likeness (QED) is 0.380. The van der Waals surface area contributed by atoms with E-state index in [1.54, 1.807) is 0 Å². The largest absolute Gasteiger partial charge is 0.242 e. The van der Waals surface area contributed by atoms with Gasteiger partial charge in [-0.25, -0.2) is 10.4 Å². The highest BCUT2D eigenvalue weighted by atomic mass is 14.7. The Balaban J connectivity index is 2.89. The van der Waals surface area contributed by atoms with Crippen LogP contribution in [0.5, 0.6) is 0 Å². The highest BCUT2D eigenvalue weighted by Gasteiger charge is 1.91. The molecule has 0 aliphatic carbocycles. The third kappa shape index (κ3) is 13.4. The Morgan fingerprint density at radius 3 is 1.73 bits per heavy atom. The van der Waals surface area contributed by atoms with E-state index in [1.165, 1.54) is 57.8 Å². The van der Waals surface area contributed by atoms with Gasteiger partial charge in [-0.3, -0.25) is 0 Å². The van der Waals surface area contributed by atoms with Gasteiger partial charge in [0.1, 0.15) is 0 Å². The van der Waals surface area contributed by atoms with Crippen molar-refractivity contribution in [3.8, 4) is 0 Å². The highest BCUT2D eigenvalue weighted by molar-refractivity contribution is 5.35. The Hall–Kier alpha value is -0.620. The van der Waals surface area contributed by atoms with Crippen LogP contribution in [-0.4, -0.2) is 12.6 Å². The summed E-state index contributed by atoms with van der Waals surface area (Å²) in [5.74, 6) is 0. The first-order valence-corrected chi connectivity index (χ1v) is 6.50. The fourth-order valence-electron chi connectivity index (χ4n) is 1.73. The summed E-state index contributed by atoms with van der Waals surface area (Å²) in [4.78, 5) is 3.76. The van der Waals surface area contributed by atoms with Crippen molar-refractivity contribution in [3.05, 3.63) is 0 Å². The number of unbranched alkanes of at least 4 members (excludes halogenated alkanes) is 9. The van der Waals surface area contributed by atoms with Crippen molar-refractivity contribution in [2.75, 3.05) is 6.54 Å². The summed E-state index contributed by atoms with van der Waals surface area (Å²) in [5, 5.41) is 6.61. The number of rotatable bonds is 11. The lowest BCUT2D eigenvalue weighted by molar-refractivity contribution is 0.558. The number of aliphatic imine (C=N–C) groups is 1. The molecular weight excluding hydrogens is 184 g/mol. The van der Waals surface area contributed by atoms with E-state index in [9.17, 15) is 0 Å². The molecule has 0 radical (unpaired) electrons. The summed E-state index contributed by atoms with van der Waals surface area (Å²) in [7, 11) is 0. The van der Waals surface area contributed by atoms with Gasteiger partial charge in [0.05, 0.1) is 6.01 Å². The van der Waals surface area contributed by atoms with Crippen molar-refractivity contribution in [2.45, 2.75) is 71.1 Å². The topological polar surface area (TPSA) is 36.2 Å². The predicted molar refractivity (Wildman–Crippen MR) is 66.9 cm³/mol. The highest BCUT2D eigenvalue weighted by Crippen LogP contribution is 2.10. The minimum Gasteiger partial charge on any atom is -0.242 e. The van der Waals surface area contributed by atoms with Crippen LogP contribution in [0, 0.1) is 5.41 Å². The van der Waals surface area contributed by atoms with Gasteiger partial charge in [0, 0.05) is 6.54 Å². The molecule has 0 saturated heterocycles. The second kappa shape index (κ2) is 13.4. The first-order chi connectivity index (χ1) is 7.41. The van der Waals surface area contributed by atoms with Crippen LogP contribution in [0.2, 0.25) is 0 Å². The van der Waals surface area contributed by atoms with Crippen LogP contribution in [0.3, 0.4) is 0 Å². The number of nitrogens with one attached hydrogen (secondary N) is 1. The molecule has 0 aromatic rings. The average molecular weight is 210 g/mol. The second-order valence-electron chi connectivity index (χ2n) is 4.18. The summed E-state index contributed by atoms with van der Waals surface area (Å²) in [5.41, 5.74) is 0. The molecule has 0 bridgehead atoms. The van der Waals surface area contributed by atoms with Crippen molar-refractivity contribution < 1.29 is 0 Å². The lowest BCUT2D eigenvalue weighted by Crippen LogP contribution is -1.83. The van der Waals surface area contributed by atoms with Crippen LogP contribution < -0.4 is 0 Å². The van der Waals surface area contributed by atoms with Crippen molar-refractivity contribution in [3.63, 3.8) is 0 Å². The Bertz CT molecular complexity index is 160. The smallest absolute Gasteiger partial charge is 0.0861 e. The number of hydrogen-bond donors (Lipinski definition) is 1. The Kier molecular flexibility index (Phi) is 12.8. The van der Waals surface area contributed by atoms with Gasteiger partial charge in [-0.1, -0.05) is 64.7 Å². The van der Waals surface area contributed by atoms with E-state index in [2.05, 4.69) is 17.9 Å². The molecule has 15 heavy (non-hydrogen) atoms. The van der Waals surface area contributed by atoms with E-state index in [1.807, 2.05) is 0 Å². The number of nitrogens with zero attached hydrogens (tertiary/aromatic N) is 1. The van der Waals surface area contributed by atoms with Crippen LogP contribution in [0.4, 0.5) is 0 Å². The maximum Gasteiger partial charge on any atom is 0.0861 e. The Morgan fingerprint density at radius 2 is 1.27 bits per heavy atom. The third-order valence-electron chi connectivity index (χ3n) is 2.70. The van der Waals surface area contributed by atoms with E-state index in [0.717, 1.165) is 13.0 Å². The maximum absolute atomic E-state index is 6.61. The third-order valence-corrected chi connectivity index (χ3v) is 2.70.